The maximum Gasteiger partial charge on any atom is 0.251 e. The summed E-state index contributed by atoms with van der Waals surface area (Å²) in [5.41, 5.74) is 0.152. The first-order valence-electron chi connectivity index (χ1n) is 6.80. The third kappa shape index (κ3) is 5.37. The number of benzene rings is 1. The van der Waals surface area contributed by atoms with Gasteiger partial charge < -0.3 is 5.32 Å². The lowest BCUT2D eigenvalue weighted by atomic mass is 10.1. The van der Waals surface area contributed by atoms with E-state index in [1.165, 1.54) is 18.9 Å². The molecule has 0 fully saturated rings. The van der Waals surface area contributed by atoms with E-state index in [0.29, 0.717) is 0 Å². The predicted molar refractivity (Wildman–Crippen MR) is 72.0 cm³/mol. The molecular formula is C15H21F2NO. The number of unbranched alkanes of at least 4 members (excludes halogenated alkanes) is 3. The first-order chi connectivity index (χ1) is 9.04. The monoisotopic (exact) mass is 269 g/mol. The van der Waals surface area contributed by atoms with Gasteiger partial charge in [0.25, 0.3) is 5.91 Å². The lowest BCUT2D eigenvalue weighted by molar-refractivity contribution is 0.0937. The maximum absolute atomic E-state index is 13.0. The molecule has 0 saturated carbocycles. The van der Waals surface area contributed by atoms with E-state index in [1.54, 1.807) is 0 Å². The van der Waals surface area contributed by atoms with Crippen molar-refractivity contribution in [2.24, 2.45) is 0 Å². The molecule has 106 valence electrons. The molecule has 0 aliphatic carbocycles. The number of carbonyl (C=O) groups is 1. The summed E-state index contributed by atoms with van der Waals surface area (Å²) in [6, 6.07) is 3.22. The summed E-state index contributed by atoms with van der Waals surface area (Å²) in [5.74, 6) is -2.30. The van der Waals surface area contributed by atoms with E-state index in [2.05, 4.69) is 12.2 Å². The fourth-order valence-corrected chi connectivity index (χ4v) is 1.89. The highest BCUT2D eigenvalue weighted by Gasteiger charge is 2.12. The van der Waals surface area contributed by atoms with Gasteiger partial charge in [-0.3, -0.25) is 4.79 Å². The highest BCUT2D eigenvalue weighted by Crippen LogP contribution is 2.10. The summed E-state index contributed by atoms with van der Waals surface area (Å²) in [6.45, 7) is 4.07. The molecule has 0 heterocycles. The van der Waals surface area contributed by atoms with Crippen molar-refractivity contribution in [3.8, 4) is 0 Å². The number of halogens is 2. The van der Waals surface area contributed by atoms with Gasteiger partial charge in [0.05, 0.1) is 0 Å². The molecule has 1 N–H and O–H groups in total. The van der Waals surface area contributed by atoms with Crippen LogP contribution in [-0.2, 0) is 0 Å². The third-order valence-electron chi connectivity index (χ3n) is 3.05. The van der Waals surface area contributed by atoms with Gasteiger partial charge in [-0.15, -0.1) is 0 Å². The van der Waals surface area contributed by atoms with Crippen molar-refractivity contribution < 1.29 is 13.6 Å². The summed E-state index contributed by atoms with van der Waals surface area (Å²) >= 11 is 0. The number of hydrogen-bond donors (Lipinski definition) is 1. The molecular weight excluding hydrogens is 248 g/mol. The summed E-state index contributed by atoms with van der Waals surface area (Å²) in [7, 11) is 0. The average Bonchev–Trinajstić information content (AvgIpc) is 2.38. The SMILES string of the molecule is CCCCCCC(C)NC(=O)c1ccc(F)c(F)c1. The first-order valence-corrected chi connectivity index (χ1v) is 6.80. The van der Waals surface area contributed by atoms with Crippen molar-refractivity contribution in [1.82, 2.24) is 5.32 Å². The van der Waals surface area contributed by atoms with Gasteiger partial charge in [-0.1, -0.05) is 32.6 Å². The molecule has 0 radical (unpaired) electrons. The molecule has 0 spiro atoms. The smallest absolute Gasteiger partial charge is 0.251 e. The van der Waals surface area contributed by atoms with Crippen LogP contribution in [0.4, 0.5) is 8.78 Å². The van der Waals surface area contributed by atoms with Gasteiger partial charge in [-0.25, -0.2) is 8.78 Å². The minimum atomic E-state index is -0.997. The van der Waals surface area contributed by atoms with Gasteiger partial charge >= 0.3 is 0 Å². The second kappa shape index (κ2) is 7.87. The molecule has 1 aromatic carbocycles. The van der Waals surface area contributed by atoms with Gasteiger partial charge in [0.1, 0.15) is 0 Å². The van der Waals surface area contributed by atoms with Gasteiger partial charge in [0.2, 0.25) is 0 Å². The molecule has 19 heavy (non-hydrogen) atoms. The molecule has 0 aliphatic rings. The van der Waals surface area contributed by atoms with Crippen LogP contribution in [0.5, 0.6) is 0 Å². The van der Waals surface area contributed by atoms with E-state index < -0.39 is 11.6 Å². The van der Waals surface area contributed by atoms with Gasteiger partial charge in [0, 0.05) is 11.6 Å². The third-order valence-corrected chi connectivity index (χ3v) is 3.05. The normalized spacial score (nSPS) is 12.2. The number of amides is 1. The molecule has 0 aliphatic heterocycles. The zero-order chi connectivity index (χ0) is 14.3. The van der Waals surface area contributed by atoms with Crippen molar-refractivity contribution >= 4 is 5.91 Å². The zero-order valence-corrected chi connectivity index (χ0v) is 11.5. The highest BCUT2D eigenvalue weighted by molar-refractivity contribution is 5.94. The largest absolute Gasteiger partial charge is 0.350 e. The number of nitrogens with one attached hydrogen (secondary N) is 1. The lowest BCUT2D eigenvalue weighted by Crippen LogP contribution is -2.32. The van der Waals surface area contributed by atoms with E-state index in [4.69, 9.17) is 0 Å². The maximum atomic E-state index is 13.0. The van der Waals surface area contributed by atoms with E-state index >= 15 is 0 Å². The molecule has 1 unspecified atom stereocenters. The van der Waals surface area contributed by atoms with Crippen molar-refractivity contribution in [3.63, 3.8) is 0 Å². The van der Waals surface area contributed by atoms with Crippen LogP contribution < -0.4 is 5.32 Å². The Labute approximate surface area is 113 Å². The fraction of sp³-hybridized carbons (Fsp3) is 0.533. The molecule has 1 amide bonds. The van der Waals surface area contributed by atoms with Crippen LogP contribution in [0.2, 0.25) is 0 Å². The molecule has 0 aromatic heterocycles. The second-order valence-corrected chi connectivity index (χ2v) is 4.85. The lowest BCUT2D eigenvalue weighted by Gasteiger charge is -2.13. The summed E-state index contributed by atoms with van der Waals surface area (Å²) in [5, 5.41) is 2.79. The van der Waals surface area contributed by atoms with Crippen LogP contribution in [0, 0.1) is 11.6 Å². The minimum absolute atomic E-state index is 0.0393. The molecule has 4 heteroatoms. The van der Waals surface area contributed by atoms with Crippen LogP contribution >= 0.6 is 0 Å². The molecule has 0 bridgehead atoms. The predicted octanol–water partition coefficient (Wildman–Crippen LogP) is 4.05. The number of rotatable bonds is 7. The summed E-state index contributed by atoms with van der Waals surface area (Å²) in [6.07, 6.45) is 5.49. The quantitative estimate of drug-likeness (QED) is 0.743. The molecule has 2 nitrogen and oxygen atoms in total. The van der Waals surface area contributed by atoms with E-state index in [-0.39, 0.29) is 17.5 Å². The van der Waals surface area contributed by atoms with Crippen LogP contribution in [0.1, 0.15) is 56.3 Å². The van der Waals surface area contributed by atoms with Gasteiger partial charge in [0.15, 0.2) is 11.6 Å². The Hall–Kier alpha value is -1.45. The zero-order valence-electron chi connectivity index (χ0n) is 11.5. The van der Waals surface area contributed by atoms with Crippen LogP contribution in [0.15, 0.2) is 18.2 Å². The average molecular weight is 269 g/mol. The topological polar surface area (TPSA) is 29.1 Å². The van der Waals surface area contributed by atoms with Gasteiger partial charge in [-0.2, -0.15) is 0 Å². The van der Waals surface area contributed by atoms with E-state index in [9.17, 15) is 13.6 Å². The van der Waals surface area contributed by atoms with Crippen molar-refractivity contribution in [2.45, 2.75) is 52.0 Å². The van der Waals surface area contributed by atoms with E-state index in [0.717, 1.165) is 31.4 Å². The Balaban J connectivity index is 2.43. The molecule has 1 aromatic rings. The van der Waals surface area contributed by atoms with E-state index in [1.807, 2.05) is 6.92 Å². The Kier molecular flexibility index (Phi) is 6.46. The fourth-order valence-electron chi connectivity index (χ4n) is 1.89. The van der Waals surface area contributed by atoms with Crippen molar-refractivity contribution in [2.75, 3.05) is 0 Å². The van der Waals surface area contributed by atoms with Crippen molar-refractivity contribution in [1.29, 1.82) is 0 Å². The highest BCUT2D eigenvalue weighted by atomic mass is 19.2. The Morgan fingerprint density at radius 3 is 2.58 bits per heavy atom. The number of carbonyl (C=O) groups excluding carboxylic acids is 1. The Bertz CT molecular complexity index is 421. The standard InChI is InChI=1S/C15H21F2NO/c1-3-4-5-6-7-11(2)18-15(19)12-8-9-13(16)14(17)10-12/h8-11H,3-7H2,1-2H3,(H,18,19). The summed E-state index contributed by atoms with van der Waals surface area (Å²) < 4.78 is 25.8. The molecule has 1 rings (SSSR count). The van der Waals surface area contributed by atoms with Gasteiger partial charge in [-0.05, 0) is 31.5 Å². The van der Waals surface area contributed by atoms with Crippen LogP contribution in [-0.4, -0.2) is 11.9 Å². The second-order valence-electron chi connectivity index (χ2n) is 4.85. The van der Waals surface area contributed by atoms with Crippen LogP contribution in [0.3, 0.4) is 0 Å². The molecule has 0 saturated heterocycles. The Morgan fingerprint density at radius 2 is 1.95 bits per heavy atom. The Morgan fingerprint density at radius 1 is 1.21 bits per heavy atom. The van der Waals surface area contributed by atoms with Crippen molar-refractivity contribution in [3.05, 3.63) is 35.4 Å². The molecule has 1 atom stereocenters. The number of hydrogen-bond acceptors (Lipinski definition) is 1. The summed E-state index contributed by atoms with van der Waals surface area (Å²) in [4.78, 5) is 11.8. The van der Waals surface area contributed by atoms with Crippen LogP contribution in [0.25, 0.3) is 0 Å². The minimum Gasteiger partial charge on any atom is -0.350 e. The first kappa shape index (κ1) is 15.6.